The number of hydrogen-bond acceptors (Lipinski definition) is 1. The first-order valence-electron chi connectivity index (χ1n) is 7.70. The third-order valence-electron chi connectivity index (χ3n) is 4.44. The molecule has 1 amide bonds. The molecule has 0 saturated carbocycles. The van der Waals surface area contributed by atoms with Crippen LogP contribution in [0.15, 0.2) is 29.8 Å². The van der Waals surface area contributed by atoms with Gasteiger partial charge in [-0.1, -0.05) is 11.6 Å². The largest absolute Gasteiger partial charge is 0.358 e. The predicted molar refractivity (Wildman–Crippen MR) is 86.7 cm³/mol. The van der Waals surface area contributed by atoms with Crippen molar-refractivity contribution >= 4 is 16.8 Å². The molecule has 0 unspecified atom stereocenters. The molecule has 0 radical (unpaired) electrons. The van der Waals surface area contributed by atoms with E-state index in [1.54, 1.807) is 0 Å². The Balaban J connectivity index is 1.67. The lowest BCUT2D eigenvalue weighted by molar-refractivity contribution is 0.0954. The Hall–Kier alpha value is -2.03. The van der Waals surface area contributed by atoms with Crippen LogP contribution in [0.4, 0.5) is 0 Å². The number of aromatic amines is 1. The van der Waals surface area contributed by atoms with Gasteiger partial charge in [-0.25, -0.2) is 0 Å². The van der Waals surface area contributed by atoms with Crippen molar-refractivity contribution in [2.75, 3.05) is 6.54 Å². The van der Waals surface area contributed by atoms with E-state index in [1.165, 1.54) is 30.4 Å². The molecule has 110 valence electrons. The number of H-pyrrole nitrogens is 1. The van der Waals surface area contributed by atoms with Crippen LogP contribution in [0.2, 0.25) is 0 Å². The van der Waals surface area contributed by atoms with Gasteiger partial charge in [-0.05, 0) is 63.3 Å². The molecule has 1 aromatic heterocycles. The van der Waals surface area contributed by atoms with E-state index in [0.717, 1.165) is 35.1 Å². The Kier molecular flexibility index (Phi) is 3.82. The summed E-state index contributed by atoms with van der Waals surface area (Å²) in [6.45, 7) is 4.88. The molecule has 1 aliphatic rings. The first-order chi connectivity index (χ1) is 10.1. The van der Waals surface area contributed by atoms with Gasteiger partial charge in [-0.3, -0.25) is 4.79 Å². The molecule has 3 rings (SSSR count). The number of fused-ring (bicyclic) bond motifs is 1. The molecule has 0 spiro atoms. The van der Waals surface area contributed by atoms with Crippen LogP contribution in [0.3, 0.4) is 0 Å². The van der Waals surface area contributed by atoms with Crippen LogP contribution in [0, 0.1) is 13.8 Å². The average Bonchev–Trinajstić information content (AvgIpc) is 3.08. The summed E-state index contributed by atoms with van der Waals surface area (Å²) in [6.07, 6.45) is 6.96. The molecule has 0 fully saturated rings. The maximum atomic E-state index is 12.2. The molecule has 0 atom stereocenters. The fourth-order valence-corrected chi connectivity index (χ4v) is 3.01. The highest BCUT2D eigenvalue weighted by Crippen LogP contribution is 2.22. The molecule has 21 heavy (non-hydrogen) atoms. The van der Waals surface area contributed by atoms with Gasteiger partial charge in [-0.15, -0.1) is 0 Å². The van der Waals surface area contributed by atoms with Gasteiger partial charge >= 0.3 is 0 Å². The van der Waals surface area contributed by atoms with Crippen molar-refractivity contribution in [3.8, 4) is 0 Å². The highest BCUT2D eigenvalue weighted by Gasteiger charge is 2.10. The molecule has 0 bridgehead atoms. The number of hydrogen-bond donors (Lipinski definition) is 2. The molecule has 1 aromatic carbocycles. The molecule has 1 aliphatic carbocycles. The minimum absolute atomic E-state index is 0.0220. The average molecular weight is 282 g/mol. The van der Waals surface area contributed by atoms with Gasteiger partial charge in [0.1, 0.15) is 0 Å². The van der Waals surface area contributed by atoms with E-state index in [4.69, 9.17) is 0 Å². The van der Waals surface area contributed by atoms with Gasteiger partial charge in [0.05, 0.1) is 0 Å². The van der Waals surface area contributed by atoms with Crippen molar-refractivity contribution in [1.82, 2.24) is 10.3 Å². The number of allylic oxidation sites excluding steroid dienone is 1. The van der Waals surface area contributed by atoms with Crippen LogP contribution >= 0.6 is 0 Å². The highest BCUT2D eigenvalue weighted by molar-refractivity contribution is 5.99. The van der Waals surface area contributed by atoms with Crippen LogP contribution in [-0.2, 0) is 0 Å². The lowest BCUT2D eigenvalue weighted by Crippen LogP contribution is -2.24. The molecule has 3 nitrogen and oxygen atoms in total. The summed E-state index contributed by atoms with van der Waals surface area (Å²) in [4.78, 5) is 15.6. The zero-order chi connectivity index (χ0) is 14.8. The topological polar surface area (TPSA) is 44.9 Å². The number of nitrogens with one attached hydrogen (secondary N) is 2. The summed E-state index contributed by atoms with van der Waals surface area (Å²) in [5.41, 5.74) is 5.71. The van der Waals surface area contributed by atoms with Crippen LogP contribution in [0.5, 0.6) is 0 Å². The van der Waals surface area contributed by atoms with Crippen molar-refractivity contribution < 1.29 is 4.79 Å². The summed E-state index contributed by atoms with van der Waals surface area (Å²) >= 11 is 0. The quantitative estimate of drug-likeness (QED) is 0.817. The Bertz CT molecular complexity index is 709. The standard InChI is InChI=1S/C18H22N2O/c1-12-13(2)20-17-8-7-15(11-16(12)17)18(21)19-10-9-14-5-3-4-6-14/h5,7-8,11,20H,3-4,6,9-10H2,1-2H3,(H,19,21). The second kappa shape index (κ2) is 5.76. The van der Waals surface area contributed by atoms with Crippen molar-refractivity contribution in [2.45, 2.75) is 39.5 Å². The number of carbonyl (C=O) groups excluding carboxylic acids is 1. The zero-order valence-electron chi connectivity index (χ0n) is 12.8. The number of rotatable bonds is 4. The Morgan fingerprint density at radius 1 is 1.33 bits per heavy atom. The van der Waals surface area contributed by atoms with Crippen LogP contribution in [-0.4, -0.2) is 17.4 Å². The molecule has 2 aromatic rings. The molecule has 3 heteroatoms. The fraction of sp³-hybridized carbons (Fsp3) is 0.389. The lowest BCUT2D eigenvalue weighted by Gasteiger charge is -2.06. The molecular weight excluding hydrogens is 260 g/mol. The third kappa shape index (κ3) is 2.87. The number of carbonyl (C=O) groups is 1. The van der Waals surface area contributed by atoms with E-state index < -0.39 is 0 Å². The minimum atomic E-state index is 0.0220. The number of aryl methyl sites for hydroxylation is 2. The minimum Gasteiger partial charge on any atom is -0.358 e. The number of aromatic nitrogens is 1. The monoisotopic (exact) mass is 282 g/mol. The highest BCUT2D eigenvalue weighted by atomic mass is 16.1. The van der Waals surface area contributed by atoms with E-state index in [0.29, 0.717) is 0 Å². The maximum Gasteiger partial charge on any atom is 0.251 e. The van der Waals surface area contributed by atoms with Crippen LogP contribution < -0.4 is 5.32 Å². The van der Waals surface area contributed by atoms with E-state index in [2.05, 4.69) is 30.2 Å². The second-order valence-electron chi connectivity index (χ2n) is 5.90. The Morgan fingerprint density at radius 3 is 2.95 bits per heavy atom. The summed E-state index contributed by atoms with van der Waals surface area (Å²) in [5.74, 6) is 0.0220. The predicted octanol–water partition coefficient (Wildman–Crippen LogP) is 4.01. The van der Waals surface area contributed by atoms with Gasteiger partial charge in [0.15, 0.2) is 0 Å². The number of benzene rings is 1. The van der Waals surface area contributed by atoms with Gasteiger partial charge in [0.2, 0.25) is 0 Å². The third-order valence-corrected chi connectivity index (χ3v) is 4.44. The maximum absolute atomic E-state index is 12.2. The molecule has 0 saturated heterocycles. The van der Waals surface area contributed by atoms with Crippen LogP contribution in [0.25, 0.3) is 10.9 Å². The summed E-state index contributed by atoms with van der Waals surface area (Å²) in [7, 11) is 0. The van der Waals surface area contributed by atoms with E-state index in [-0.39, 0.29) is 5.91 Å². The molecular formula is C18H22N2O. The van der Waals surface area contributed by atoms with E-state index in [1.807, 2.05) is 18.2 Å². The lowest BCUT2D eigenvalue weighted by atomic mass is 10.1. The van der Waals surface area contributed by atoms with Gasteiger partial charge in [-0.2, -0.15) is 0 Å². The SMILES string of the molecule is Cc1[nH]c2ccc(C(=O)NCCC3=CCCC3)cc2c1C. The second-order valence-corrected chi connectivity index (χ2v) is 5.90. The fourth-order valence-electron chi connectivity index (χ4n) is 3.01. The summed E-state index contributed by atoms with van der Waals surface area (Å²) in [5, 5.41) is 4.16. The smallest absolute Gasteiger partial charge is 0.251 e. The molecule has 1 heterocycles. The van der Waals surface area contributed by atoms with Crippen molar-refractivity contribution in [3.63, 3.8) is 0 Å². The first kappa shape index (κ1) is 13.9. The van der Waals surface area contributed by atoms with Crippen molar-refractivity contribution in [2.24, 2.45) is 0 Å². The normalized spacial score (nSPS) is 14.5. The van der Waals surface area contributed by atoms with E-state index >= 15 is 0 Å². The van der Waals surface area contributed by atoms with Crippen molar-refractivity contribution in [3.05, 3.63) is 46.7 Å². The van der Waals surface area contributed by atoms with Gasteiger partial charge in [0.25, 0.3) is 5.91 Å². The van der Waals surface area contributed by atoms with Gasteiger partial charge in [0, 0.05) is 28.7 Å². The zero-order valence-corrected chi connectivity index (χ0v) is 12.8. The summed E-state index contributed by atoms with van der Waals surface area (Å²) in [6, 6.07) is 5.87. The molecule has 0 aliphatic heterocycles. The Morgan fingerprint density at radius 2 is 2.19 bits per heavy atom. The van der Waals surface area contributed by atoms with Crippen molar-refractivity contribution in [1.29, 1.82) is 0 Å². The first-order valence-corrected chi connectivity index (χ1v) is 7.70. The molecule has 2 N–H and O–H groups in total. The number of amides is 1. The van der Waals surface area contributed by atoms with Gasteiger partial charge < -0.3 is 10.3 Å². The Labute approximate surface area is 125 Å². The summed E-state index contributed by atoms with van der Waals surface area (Å²) < 4.78 is 0. The van der Waals surface area contributed by atoms with Crippen LogP contribution in [0.1, 0.15) is 47.3 Å². The van der Waals surface area contributed by atoms with E-state index in [9.17, 15) is 4.79 Å².